The van der Waals surface area contributed by atoms with Gasteiger partial charge >= 0.3 is 0 Å². The topological polar surface area (TPSA) is 58.2 Å². The molecule has 1 aliphatic rings. The van der Waals surface area contributed by atoms with Crippen molar-refractivity contribution in [2.45, 2.75) is 25.8 Å². The first kappa shape index (κ1) is 9.77. The molecule has 2 amide bonds. The molecule has 1 aliphatic carbocycles. The molecule has 0 radical (unpaired) electrons. The quantitative estimate of drug-likeness (QED) is 0.643. The van der Waals surface area contributed by atoms with Crippen molar-refractivity contribution >= 4 is 11.8 Å². The lowest BCUT2D eigenvalue weighted by Crippen LogP contribution is -2.44. The summed E-state index contributed by atoms with van der Waals surface area (Å²) in [6.07, 6.45) is 3.68. The Balaban J connectivity index is 2.39. The highest BCUT2D eigenvalue weighted by Gasteiger charge is 2.19. The van der Waals surface area contributed by atoms with Crippen LogP contribution in [0.1, 0.15) is 19.8 Å². The maximum absolute atomic E-state index is 11.3. The molecular weight excluding hydrogens is 168 g/mol. The summed E-state index contributed by atoms with van der Waals surface area (Å²) in [5.41, 5.74) is 0.788. The van der Waals surface area contributed by atoms with E-state index in [1.54, 1.807) is 14.0 Å². The van der Waals surface area contributed by atoms with Crippen LogP contribution in [0.4, 0.5) is 0 Å². The third kappa shape index (κ3) is 2.31. The lowest BCUT2D eigenvalue weighted by Gasteiger charge is -2.17. The third-order valence-electron chi connectivity index (χ3n) is 2.08. The summed E-state index contributed by atoms with van der Waals surface area (Å²) in [5.74, 6) is -0.296. The van der Waals surface area contributed by atoms with Crippen molar-refractivity contribution in [3.05, 3.63) is 11.6 Å². The number of carbonyl (C=O) groups is 2. The van der Waals surface area contributed by atoms with Crippen LogP contribution in [-0.4, -0.2) is 24.9 Å². The van der Waals surface area contributed by atoms with E-state index in [2.05, 4.69) is 10.6 Å². The highest BCUT2D eigenvalue weighted by atomic mass is 16.2. The Morgan fingerprint density at radius 1 is 1.54 bits per heavy atom. The highest BCUT2D eigenvalue weighted by Crippen LogP contribution is 2.17. The van der Waals surface area contributed by atoms with Gasteiger partial charge in [-0.05, 0) is 19.8 Å². The second-order valence-corrected chi connectivity index (χ2v) is 3.08. The summed E-state index contributed by atoms with van der Waals surface area (Å²) in [5, 5.41) is 5.09. The van der Waals surface area contributed by atoms with Gasteiger partial charge in [-0.3, -0.25) is 9.59 Å². The Hall–Kier alpha value is -1.32. The second kappa shape index (κ2) is 4.07. The standard InChI is InChI=1S/C9H14N2O2/c1-6(8(12)10-2)11-9(13)7-4-3-5-7/h4,6H,3,5H2,1-2H3,(H,10,12)(H,11,13)/t6-/m1/s1. The van der Waals surface area contributed by atoms with Gasteiger partial charge < -0.3 is 10.6 Å². The molecule has 0 aliphatic heterocycles. The Morgan fingerprint density at radius 3 is 2.54 bits per heavy atom. The molecule has 2 N–H and O–H groups in total. The summed E-state index contributed by atoms with van der Waals surface area (Å²) in [4.78, 5) is 22.3. The van der Waals surface area contributed by atoms with E-state index in [9.17, 15) is 9.59 Å². The number of carbonyl (C=O) groups excluding carboxylic acids is 2. The molecule has 0 aromatic rings. The number of rotatable bonds is 3. The molecule has 0 aromatic heterocycles. The molecule has 13 heavy (non-hydrogen) atoms. The van der Waals surface area contributed by atoms with Crippen LogP contribution in [0.15, 0.2) is 11.6 Å². The van der Waals surface area contributed by atoms with Gasteiger partial charge in [-0.2, -0.15) is 0 Å². The van der Waals surface area contributed by atoms with E-state index in [0.29, 0.717) is 0 Å². The molecule has 0 saturated heterocycles. The van der Waals surface area contributed by atoms with Gasteiger partial charge in [0.25, 0.3) is 0 Å². The zero-order chi connectivity index (χ0) is 9.84. The van der Waals surface area contributed by atoms with Crippen molar-refractivity contribution in [3.63, 3.8) is 0 Å². The van der Waals surface area contributed by atoms with E-state index < -0.39 is 6.04 Å². The summed E-state index contributed by atoms with van der Waals surface area (Å²) >= 11 is 0. The predicted octanol–water partition coefficient (Wildman–Crippen LogP) is -0.0427. The molecule has 4 nitrogen and oxygen atoms in total. The minimum Gasteiger partial charge on any atom is -0.357 e. The van der Waals surface area contributed by atoms with Crippen molar-refractivity contribution in [2.75, 3.05) is 7.05 Å². The maximum atomic E-state index is 11.3. The first-order chi connectivity index (χ1) is 6.15. The van der Waals surface area contributed by atoms with E-state index in [1.807, 2.05) is 6.08 Å². The fourth-order valence-corrected chi connectivity index (χ4v) is 1.07. The minimum atomic E-state index is -0.459. The second-order valence-electron chi connectivity index (χ2n) is 3.08. The molecule has 1 atom stereocenters. The maximum Gasteiger partial charge on any atom is 0.247 e. The van der Waals surface area contributed by atoms with Gasteiger partial charge in [-0.1, -0.05) is 6.08 Å². The number of nitrogens with one attached hydrogen (secondary N) is 2. The van der Waals surface area contributed by atoms with Gasteiger partial charge in [0.05, 0.1) is 0 Å². The molecule has 0 saturated carbocycles. The normalized spacial score (nSPS) is 16.6. The molecule has 0 bridgehead atoms. The molecule has 72 valence electrons. The molecule has 1 rings (SSSR count). The molecule has 0 aromatic carbocycles. The number of amides is 2. The molecular formula is C9H14N2O2. The minimum absolute atomic E-state index is 0.123. The van der Waals surface area contributed by atoms with E-state index in [0.717, 1.165) is 18.4 Å². The Kier molecular flexibility index (Phi) is 3.06. The van der Waals surface area contributed by atoms with Crippen molar-refractivity contribution in [2.24, 2.45) is 0 Å². The van der Waals surface area contributed by atoms with Gasteiger partial charge in [0.1, 0.15) is 6.04 Å². The summed E-state index contributed by atoms with van der Waals surface area (Å²) in [6, 6.07) is -0.459. The van der Waals surface area contributed by atoms with Crippen molar-refractivity contribution in [3.8, 4) is 0 Å². The van der Waals surface area contributed by atoms with Crippen LogP contribution in [0.5, 0.6) is 0 Å². The van der Waals surface area contributed by atoms with Crippen LogP contribution in [-0.2, 0) is 9.59 Å². The average molecular weight is 182 g/mol. The smallest absolute Gasteiger partial charge is 0.247 e. The molecule has 0 fully saturated rings. The highest BCUT2D eigenvalue weighted by molar-refractivity contribution is 5.97. The van der Waals surface area contributed by atoms with Gasteiger partial charge in [-0.25, -0.2) is 0 Å². The van der Waals surface area contributed by atoms with Crippen molar-refractivity contribution < 1.29 is 9.59 Å². The lowest BCUT2D eigenvalue weighted by molar-refractivity contribution is -0.126. The van der Waals surface area contributed by atoms with Gasteiger partial charge in [-0.15, -0.1) is 0 Å². The van der Waals surface area contributed by atoms with Crippen LogP contribution in [0, 0.1) is 0 Å². The fourth-order valence-electron chi connectivity index (χ4n) is 1.07. The van der Waals surface area contributed by atoms with E-state index in [-0.39, 0.29) is 11.8 Å². The number of allylic oxidation sites excluding steroid dienone is 1. The van der Waals surface area contributed by atoms with Gasteiger partial charge in [0.15, 0.2) is 0 Å². The molecule has 0 heterocycles. The van der Waals surface area contributed by atoms with Crippen molar-refractivity contribution in [1.29, 1.82) is 0 Å². The zero-order valence-electron chi connectivity index (χ0n) is 7.89. The van der Waals surface area contributed by atoms with E-state index >= 15 is 0 Å². The van der Waals surface area contributed by atoms with Crippen LogP contribution in [0.3, 0.4) is 0 Å². The zero-order valence-corrected chi connectivity index (χ0v) is 7.89. The largest absolute Gasteiger partial charge is 0.357 e. The summed E-state index contributed by atoms with van der Waals surface area (Å²) in [6.45, 7) is 1.66. The Labute approximate surface area is 77.4 Å². The van der Waals surface area contributed by atoms with Crippen LogP contribution in [0.2, 0.25) is 0 Å². The summed E-state index contributed by atoms with van der Waals surface area (Å²) in [7, 11) is 1.55. The van der Waals surface area contributed by atoms with Crippen LogP contribution >= 0.6 is 0 Å². The lowest BCUT2D eigenvalue weighted by atomic mass is 9.98. The number of hydrogen-bond acceptors (Lipinski definition) is 2. The van der Waals surface area contributed by atoms with Crippen LogP contribution < -0.4 is 10.6 Å². The Bertz CT molecular complexity index is 258. The van der Waals surface area contributed by atoms with Gasteiger partial charge in [0, 0.05) is 12.6 Å². The van der Waals surface area contributed by atoms with E-state index in [1.165, 1.54) is 0 Å². The first-order valence-electron chi connectivity index (χ1n) is 4.36. The number of hydrogen-bond donors (Lipinski definition) is 2. The average Bonchev–Trinajstić information content (AvgIpc) is 1.99. The number of likely N-dealkylation sites (N-methyl/N-ethyl adjacent to an activating group) is 1. The molecule has 4 heteroatoms. The van der Waals surface area contributed by atoms with Crippen molar-refractivity contribution in [1.82, 2.24) is 10.6 Å². The SMILES string of the molecule is CNC(=O)[C@@H](C)NC(=O)C1=CCC1. The first-order valence-corrected chi connectivity index (χ1v) is 4.36. The molecule has 0 unspecified atom stereocenters. The fraction of sp³-hybridized carbons (Fsp3) is 0.556. The Morgan fingerprint density at radius 2 is 2.15 bits per heavy atom. The monoisotopic (exact) mass is 182 g/mol. The van der Waals surface area contributed by atoms with Gasteiger partial charge in [0.2, 0.25) is 11.8 Å². The van der Waals surface area contributed by atoms with Crippen LogP contribution in [0.25, 0.3) is 0 Å². The van der Waals surface area contributed by atoms with E-state index in [4.69, 9.17) is 0 Å². The summed E-state index contributed by atoms with van der Waals surface area (Å²) < 4.78 is 0. The molecule has 0 spiro atoms. The third-order valence-corrected chi connectivity index (χ3v) is 2.08. The predicted molar refractivity (Wildman–Crippen MR) is 49.0 cm³/mol.